The molecular formula is C16H22N4O4S3. The Kier molecular flexibility index (Phi) is 7.45. The van der Waals surface area contributed by atoms with Crippen LogP contribution in [0.15, 0.2) is 27.4 Å². The van der Waals surface area contributed by atoms with Crippen LogP contribution < -0.4 is 14.8 Å². The highest BCUT2D eigenvalue weighted by Crippen LogP contribution is 2.28. The zero-order chi connectivity index (χ0) is 20.0. The van der Waals surface area contributed by atoms with E-state index in [4.69, 9.17) is 4.74 Å². The Labute approximate surface area is 167 Å². The summed E-state index contributed by atoms with van der Waals surface area (Å²) in [7, 11) is -2.50. The maximum Gasteiger partial charge on any atom is 0.263 e. The molecule has 0 fully saturated rings. The van der Waals surface area contributed by atoms with Crippen LogP contribution in [0, 0.1) is 0 Å². The standard InChI is InChI=1S/C16H22N4O4S3/c1-5-8-25-16-19-18-15(26-16)20-27(22,23)11-6-7-13(24-4)12(9-11)14(21)17-10(2)3/h6-7,9-10H,5,8H2,1-4H3,(H,17,21)(H,18,20). The number of methoxy groups -OCH3 is 1. The molecule has 2 aromatic rings. The van der Waals surface area contributed by atoms with Crippen molar-refractivity contribution >= 4 is 44.2 Å². The lowest BCUT2D eigenvalue weighted by atomic mass is 10.2. The van der Waals surface area contributed by atoms with Crippen molar-refractivity contribution in [3.63, 3.8) is 0 Å². The molecule has 8 nitrogen and oxygen atoms in total. The van der Waals surface area contributed by atoms with Gasteiger partial charge in [-0.1, -0.05) is 30.0 Å². The van der Waals surface area contributed by atoms with Crippen molar-refractivity contribution in [1.82, 2.24) is 15.5 Å². The molecule has 0 aliphatic heterocycles. The largest absolute Gasteiger partial charge is 0.496 e. The minimum atomic E-state index is -3.92. The van der Waals surface area contributed by atoms with E-state index in [0.29, 0.717) is 10.1 Å². The van der Waals surface area contributed by atoms with Crippen LogP contribution in [0.4, 0.5) is 5.13 Å². The average Bonchev–Trinajstić information content (AvgIpc) is 3.05. The van der Waals surface area contributed by atoms with Gasteiger partial charge in [-0.3, -0.25) is 9.52 Å². The summed E-state index contributed by atoms with van der Waals surface area (Å²) in [6.45, 7) is 5.68. The first kappa shape index (κ1) is 21.5. The predicted octanol–water partition coefficient (Wildman–Crippen LogP) is 2.99. The Bertz CT molecular complexity index is 897. The van der Waals surface area contributed by atoms with Crippen molar-refractivity contribution in [2.24, 2.45) is 0 Å². The van der Waals surface area contributed by atoms with Crippen molar-refractivity contribution in [3.8, 4) is 5.75 Å². The van der Waals surface area contributed by atoms with Gasteiger partial charge < -0.3 is 10.1 Å². The molecule has 1 aromatic carbocycles. The molecule has 1 amide bonds. The fourth-order valence-corrected chi connectivity index (χ4v) is 4.98. The molecule has 27 heavy (non-hydrogen) atoms. The molecule has 0 atom stereocenters. The number of nitrogens with one attached hydrogen (secondary N) is 2. The minimum Gasteiger partial charge on any atom is -0.496 e. The van der Waals surface area contributed by atoms with Crippen molar-refractivity contribution in [2.75, 3.05) is 17.6 Å². The van der Waals surface area contributed by atoms with Crippen LogP contribution in [0.2, 0.25) is 0 Å². The molecule has 0 spiro atoms. The van der Waals surface area contributed by atoms with Crippen LogP contribution in [-0.2, 0) is 10.0 Å². The second-order valence-corrected chi connectivity index (χ2v) is 9.82. The number of thioether (sulfide) groups is 1. The highest BCUT2D eigenvalue weighted by Gasteiger charge is 2.21. The van der Waals surface area contributed by atoms with Crippen LogP contribution in [0.25, 0.3) is 0 Å². The molecule has 148 valence electrons. The molecule has 2 rings (SSSR count). The molecule has 2 N–H and O–H groups in total. The van der Waals surface area contributed by atoms with Crippen molar-refractivity contribution in [1.29, 1.82) is 0 Å². The third kappa shape index (κ3) is 5.81. The molecule has 11 heteroatoms. The molecule has 0 saturated heterocycles. The van der Waals surface area contributed by atoms with Crippen molar-refractivity contribution < 1.29 is 17.9 Å². The molecule has 0 radical (unpaired) electrons. The normalized spacial score (nSPS) is 11.4. The van der Waals surface area contributed by atoms with Crippen LogP contribution in [0.3, 0.4) is 0 Å². The zero-order valence-corrected chi connectivity index (χ0v) is 17.9. The molecule has 1 heterocycles. The Hall–Kier alpha value is -1.85. The van der Waals surface area contributed by atoms with Gasteiger partial charge in [0.1, 0.15) is 5.75 Å². The van der Waals surface area contributed by atoms with E-state index in [1.54, 1.807) is 0 Å². The van der Waals surface area contributed by atoms with Gasteiger partial charge in [0.05, 0.1) is 17.6 Å². The molecule has 0 aliphatic carbocycles. The van der Waals surface area contributed by atoms with E-state index < -0.39 is 15.9 Å². The van der Waals surface area contributed by atoms with E-state index in [2.05, 4.69) is 20.2 Å². The van der Waals surface area contributed by atoms with Gasteiger partial charge >= 0.3 is 0 Å². The van der Waals surface area contributed by atoms with Gasteiger partial charge in [0.25, 0.3) is 15.9 Å². The predicted molar refractivity (Wildman–Crippen MR) is 107 cm³/mol. The number of aromatic nitrogens is 2. The Balaban J connectivity index is 2.27. The highest BCUT2D eigenvalue weighted by molar-refractivity contribution is 8.01. The topological polar surface area (TPSA) is 110 Å². The maximum atomic E-state index is 12.7. The summed E-state index contributed by atoms with van der Waals surface area (Å²) in [5, 5.41) is 10.7. The first-order chi connectivity index (χ1) is 12.8. The lowest BCUT2D eigenvalue weighted by Crippen LogP contribution is -2.30. The lowest BCUT2D eigenvalue weighted by molar-refractivity contribution is 0.0940. The van der Waals surface area contributed by atoms with E-state index in [9.17, 15) is 13.2 Å². The maximum absolute atomic E-state index is 12.7. The number of hydrogen-bond acceptors (Lipinski definition) is 8. The van der Waals surface area contributed by atoms with E-state index in [-0.39, 0.29) is 21.6 Å². The molecule has 1 aromatic heterocycles. The van der Waals surface area contributed by atoms with Gasteiger partial charge in [-0.15, -0.1) is 10.2 Å². The van der Waals surface area contributed by atoms with Crippen molar-refractivity contribution in [2.45, 2.75) is 42.5 Å². The zero-order valence-electron chi connectivity index (χ0n) is 15.5. The summed E-state index contributed by atoms with van der Waals surface area (Å²) in [5.74, 6) is 0.767. The fraction of sp³-hybridized carbons (Fsp3) is 0.438. The van der Waals surface area contributed by atoms with Crippen LogP contribution in [0.5, 0.6) is 5.75 Å². The molecule has 0 unspecified atom stereocenters. The fourth-order valence-electron chi connectivity index (χ4n) is 2.04. The lowest BCUT2D eigenvalue weighted by Gasteiger charge is -2.13. The monoisotopic (exact) mass is 430 g/mol. The van der Waals surface area contributed by atoms with E-state index >= 15 is 0 Å². The van der Waals surface area contributed by atoms with Crippen molar-refractivity contribution in [3.05, 3.63) is 23.8 Å². The number of anilines is 1. The van der Waals surface area contributed by atoms with Gasteiger partial charge in [-0.05, 0) is 38.5 Å². The summed E-state index contributed by atoms with van der Waals surface area (Å²) in [6, 6.07) is 4.02. The molecule has 0 bridgehead atoms. The summed E-state index contributed by atoms with van der Waals surface area (Å²) >= 11 is 2.69. The Morgan fingerprint density at radius 1 is 1.33 bits per heavy atom. The van der Waals surface area contributed by atoms with Gasteiger partial charge in [-0.2, -0.15) is 0 Å². The SMILES string of the molecule is CCCSc1nnc(NS(=O)(=O)c2ccc(OC)c(C(=O)NC(C)C)c2)s1. The second kappa shape index (κ2) is 9.38. The van der Waals surface area contributed by atoms with Crippen LogP contribution in [-0.4, -0.2) is 43.4 Å². The number of amides is 1. The van der Waals surface area contributed by atoms with Gasteiger partial charge in [0, 0.05) is 11.8 Å². The summed E-state index contributed by atoms with van der Waals surface area (Å²) in [5.41, 5.74) is 0.144. The smallest absolute Gasteiger partial charge is 0.263 e. The van der Waals surface area contributed by atoms with Crippen LogP contribution in [0.1, 0.15) is 37.6 Å². The average molecular weight is 431 g/mol. The number of rotatable bonds is 9. The number of hydrogen-bond donors (Lipinski definition) is 2. The summed E-state index contributed by atoms with van der Waals surface area (Å²) < 4.78 is 33.6. The molecule has 0 saturated carbocycles. The van der Waals surface area contributed by atoms with Crippen LogP contribution >= 0.6 is 23.1 Å². The summed E-state index contributed by atoms with van der Waals surface area (Å²) in [4.78, 5) is 12.3. The quantitative estimate of drug-likeness (QED) is 0.588. The Morgan fingerprint density at radius 2 is 2.07 bits per heavy atom. The van der Waals surface area contributed by atoms with E-state index in [1.807, 2.05) is 20.8 Å². The third-order valence-corrected chi connectivity index (χ3v) is 6.85. The molecule has 0 aliphatic rings. The second-order valence-electron chi connectivity index (χ2n) is 5.82. The third-order valence-electron chi connectivity index (χ3n) is 3.20. The number of carbonyl (C=O) groups excluding carboxylic acids is 1. The number of nitrogens with zero attached hydrogens (tertiary/aromatic N) is 2. The Morgan fingerprint density at radius 3 is 2.70 bits per heavy atom. The van der Waals surface area contributed by atoms with E-state index in [0.717, 1.165) is 12.2 Å². The first-order valence-corrected chi connectivity index (χ1v) is 11.5. The van der Waals surface area contributed by atoms with Gasteiger partial charge in [0.2, 0.25) is 5.13 Å². The number of carbonyl (C=O) groups is 1. The van der Waals surface area contributed by atoms with Gasteiger partial charge in [0.15, 0.2) is 4.34 Å². The molecular weight excluding hydrogens is 408 g/mol. The number of ether oxygens (including phenoxy) is 1. The highest BCUT2D eigenvalue weighted by atomic mass is 32.2. The minimum absolute atomic E-state index is 0.0600. The number of sulfonamides is 1. The van der Waals surface area contributed by atoms with E-state index in [1.165, 1.54) is 48.4 Å². The first-order valence-electron chi connectivity index (χ1n) is 8.24. The number of benzene rings is 1. The summed E-state index contributed by atoms with van der Waals surface area (Å²) in [6.07, 6.45) is 0.984. The van der Waals surface area contributed by atoms with Gasteiger partial charge in [-0.25, -0.2) is 8.42 Å².